The Labute approximate surface area is 62.1 Å². The molecule has 0 aromatic carbocycles. The Morgan fingerprint density at radius 1 is 1.70 bits per heavy atom. The molecule has 0 amide bonds. The molecule has 0 aromatic heterocycles. The van der Waals surface area contributed by atoms with Gasteiger partial charge in [-0.15, -0.1) is 0 Å². The van der Waals surface area contributed by atoms with Gasteiger partial charge in [-0.1, -0.05) is 13.5 Å². The van der Waals surface area contributed by atoms with Gasteiger partial charge in [-0.25, -0.2) is 0 Å². The summed E-state index contributed by atoms with van der Waals surface area (Å²) >= 11 is 0. The molecule has 56 valence electrons. The first-order valence-electron chi connectivity index (χ1n) is 3.32. The molecular formula is C8H14N2. The lowest BCUT2D eigenvalue weighted by Gasteiger charge is -1.93. The minimum Gasteiger partial charge on any atom is -0.402 e. The third-order valence-electron chi connectivity index (χ3n) is 1.01. The maximum Gasteiger partial charge on any atom is 0.0417 e. The van der Waals surface area contributed by atoms with Gasteiger partial charge in [-0.3, -0.25) is 4.99 Å². The Morgan fingerprint density at radius 3 is 2.60 bits per heavy atom. The number of rotatable bonds is 3. The summed E-state index contributed by atoms with van der Waals surface area (Å²) in [6, 6.07) is 0. The predicted octanol–water partition coefficient (Wildman–Crippen LogP) is 1.84. The van der Waals surface area contributed by atoms with Crippen molar-refractivity contribution in [3.05, 3.63) is 24.6 Å². The van der Waals surface area contributed by atoms with Crippen molar-refractivity contribution in [2.24, 2.45) is 10.7 Å². The lowest BCUT2D eigenvalue weighted by atomic mass is 10.2. The van der Waals surface area contributed by atoms with Crippen LogP contribution in [0.4, 0.5) is 0 Å². The summed E-state index contributed by atoms with van der Waals surface area (Å²) in [5, 5.41) is 0. The first kappa shape index (κ1) is 8.95. The topological polar surface area (TPSA) is 38.4 Å². The van der Waals surface area contributed by atoms with Crippen molar-refractivity contribution in [3.63, 3.8) is 0 Å². The molecule has 0 saturated carbocycles. The van der Waals surface area contributed by atoms with Crippen LogP contribution in [-0.2, 0) is 0 Å². The molecule has 0 aliphatic rings. The highest BCUT2D eigenvalue weighted by Gasteiger charge is 1.87. The second kappa shape index (κ2) is 4.79. The van der Waals surface area contributed by atoms with E-state index < -0.39 is 0 Å². The molecule has 0 fully saturated rings. The molecule has 0 spiro atoms. The molecule has 0 unspecified atom stereocenters. The number of nitrogens with two attached hydrogens (primary N) is 1. The molecule has 2 heteroatoms. The van der Waals surface area contributed by atoms with Crippen molar-refractivity contribution in [2.45, 2.75) is 20.3 Å². The number of nitrogens with zero attached hydrogens (tertiary/aromatic N) is 1. The summed E-state index contributed by atoms with van der Waals surface area (Å²) in [6.07, 6.45) is 4.26. The first-order valence-corrected chi connectivity index (χ1v) is 3.32. The third-order valence-corrected chi connectivity index (χ3v) is 1.01. The predicted molar refractivity (Wildman–Crippen MR) is 45.9 cm³/mol. The van der Waals surface area contributed by atoms with E-state index in [-0.39, 0.29) is 0 Å². The van der Waals surface area contributed by atoms with Crippen molar-refractivity contribution < 1.29 is 0 Å². The van der Waals surface area contributed by atoms with E-state index in [0.717, 1.165) is 17.8 Å². The number of aliphatic imine (C=N–C) groups is 1. The fraction of sp³-hybridized carbons (Fsp3) is 0.375. The van der Waals surface area contributed by atoms with Gasteiger partial charge in [0.15, 0.2) is 0 Å². The van der Waals surface area contributed by atoms with Crippen LogP contribution in [0.3, 0.4) is 0 Å². The van der Waals surface area contributed by atoms with Crippen LogP contribution in [0, 0.1) is 0 Å². The Morgan fingerprint density at radius 2 is 2.30 bits per heavy atom. The lowest BCUT2D eigenvalue weighted by Crippen LogP contribution is -1.97. The zero-order valence-corrected chi connectivity index (χ0v) is 6.59. The number of hydrogen-bond donors (Lipinski definition) is 1. The normalized spacial score (nSPS) is 13.4. The maximum atomic E-state index is 5.45. The van der Waals surface area contributed by atoms with Crippen molar-refractivity contribution in [1.82, 2.24) is 0 Å². The van der Waals surface area contributed by atoms with E-state index in [4.69, 9.17) is 5.73 Å². The van der Waals surface area contributed by atoms with Crippen LogP contribution < -0.4 is 5.73 Å². The Hall–Kier alpha value is -1.05. The SMILES string of the molecule is C=C/N=C(\C=C(/C)N)CC. The Balaban J connectivity index is 4.22. The van der Waals surface area contributed by atoms with Crippen LogP contribution in [0.1, 0.15) is 20.3 Å². The summed E-state index contributed by atoms with van der Waals surface area (Å²) in [5.74, 6) is 0. The highest BCUT2D eigenvalue weighted by Crippen LogP contribution is 1.91. The second-order valence-corrected chi connectivity index (χ2v) is 2.04. The van der Waals surface area contributed by atoms with Crippen LogP contribution in [0.5, 0.6) is 0 Å². The zero-order valence-electron chi connectivity index (χ0n) is 6.59. The van der Waals surface area contributed by atoms with E-state index in [2.05, 4.69) is 11.6 Å². The standard InChI is InChI=1S/C8H14N2/c1-4-8(10-5-2)6-7(3)9/h5-6H,2,4,9H2,1,3H3/b7-6+,10-8-. The van der Waals surface area contributed by atoms with Crippen LogP contribution in [0.2, 0.25) is 0 Å². The number of hydrogen-bond acceptors (Lipinski definition) is 2. The van der Waals surface area contributed by atoms with Gasteiger partial charge >= 0.3 is 0 Å². The lowest BCUT2D eigenvalue weighted by molar-refractivity contribution is 1.25. The average Bonchev–Trinajstić information content (AvgIpc) is 1.86. The van der Waals surface area contributed by atoms with E-state index in [1.165, 1.54) is 6.20 Å². The van der Waals surface area contributed by atoms with Gasteiger partial charge in [0.1, 0.15) is 0 Å². The Kier molecular flexibility index (Phi) is 4.29. The molecule has 0 aliphatic heterocycles. The summed E-state index contributed by atoms with van der Waals surface area (Å²) < 4.78 is 0. The van der Waals surface area contributed by atoms with Crippen LogP contribution >= 0.6 is 0 Å². The highest BCUT2D eigenvalue weighted by molar-refractivity contribution is 5.95. The molecule has 0 aliphatic carbocycles. The van der Waals surface area contributed by atoms with Gasteiger partial charge in [0, 0.05) is 17.6 Å². The van der Waals surface area contributed by atoms with E-state index >= 15 is 0 Å². The quantitative estimate of drug-likeness (QED) is 0.594. The third kappa shape index (κ3) is 3.89. The molecule has 10 heavy (non-hydrogen) atoms. The second-order valence-electron chi connectivity index (χ2n) is 2.04. The first-order chi connectivity index (χ1) is 4.70. The fourth-order valence-electron chi connectivity index (χ4n) is 0.611. The van der Waals surface area contributed by atoms with Gasteiger partial charge in [0.25, 0.3) is 0 Å². The number of allylic oxidation sites excluding steroid dienone is 2. The van der Waals surface area contributed by atoms with E-state index in [9.17, 15) is 0 Å². The molecule has 2 N–H and O–H groups in total. The van der Waals surface area contributed by atoms with E-state index in [1.54, 1.807) is 0 Å². The van der Waals surface area contributed by atoms with Crippen molar-refractivity contribution in [1.29, 1.82) is 0 Å². The smallest absolute Gasteiger partial charge is 0.0417 e. The monoisotopic (exact) mass is 138 g/mol. The molecule has 0 aromatic rings. The summed E-state index contributed by atoms with van der Waals surface area (Å²) in [7, 11) is 0. The molecule has 0 atom stereocenters. The average molecular weight is 138 g/mol. The maximum absolute atomic E-state index is 5.45. The molecule has 0 rings (SSSR count). The summed E-state index contributed by atoms with van der Waals surface area (Å²) in [4.78, 5) is 4.01. The Bertz CT molecular complexity index is 159. The van der Waals surface area contributed by atoms with E-state index in [0.29, 0.717) is 0 Å². The molecular weight excluding hydrogens is 124 g/mol. The minimum absolute atomic E-state index is 0.780. The molecule has 0 heterocycles. The van der Waals surface area contributed by atoms with Crippen LogP contribution in [0.15, 0.2) is 29.5 Å². The van der Waals surface area contributed by atoms with Gasteiger partial charge in [-0.2, -0.15) is 0 Å². The van der Waals surface area contributed by atoms with Gasteiger partial charge < -0.3 is 5.73 Å². The zero-order chi connectivity index (χ0) is 7.98. The molecule has 0 bridgehead atoms. The van der Waals surface area contributed by atoms with Crippen molar-refractivity contribution in [3.8, 4) is 0 Å². The van der Waals surface area contributed by atoms with Gasteiger partial charge in [-0.05, 0) is 19.4 Å². The summed E-state index contributed by atoms with van der Waals surface area (Å²) in [5.41, 5.74) is 7.19. The fourth-order valence-corrected chi connectivity index (χ4v) is 0.611. The van der Waals surface area contributed by atoms with Gasteiger partial charge in [0.2, 0.25) is 0 Å². The van der Waals surface area contributed by atoms with Gasteiger partial charge in [0.05, 0.1) is 0 Å². The van der Waals surface area contributed by atoms with Crippen molar-refractivity contribution >= 4 is 5.71 Å². The largest absolute Gasteiger partial charge is 0.402 e. The summed E-state index contributed by atoms with van der Waals surface area (Å²) in [6.45, 7) is 7.37. The molecule has 0 saturated heterocycles. The van der Waals surface area contributed by atoms with E-state index in [1.807, 2.05) is 19.9 Å². The van der Waals surface area contributed by atoms with Crippen LogP contribution in [0.25, 0.3) is 0 Å². The van der Waals surface area contributed by atoms with Crippen LogP contribution in [-0.4, -0.2) is 5.71 Å². The minimum atomic E-state index is 0.780. The van der Waals surface area contributed by atoms with Crippen molar-refractivity contribution in [2.75, 3.05) is 0 Å². The molecule has 0 radical (unpaired) electrons. The molecule has 2 nitrogen and oxygen atoms in total. The highest BCUT2D eigenvalue weighted by atomic mass is 14.7.